The highest BCUT2D eigenvalue weighted by atomic mass is 16.4. The van der Waals surface area contributed by atoms with E-state index in [0.29, 0.717) is 5.57 Å². The van der Waals surface area contributed by atoms with Crippen LogP contribution in [-0.4, -0.2) is 16.2 Å². The molecule has 0 aliphatic heterocycles. The number of carbonyl (C=O) groups is 1. The smallest absolute Gasteiger partial charge is 0.315 e. The molecule has 2 N–H and O–H groups in total. The van der Waals surface area contributed by atoms with Crippen LogP contribution in [-0.2, 0) is 4.79 Å². The Kier molecular flexibility index (Phi) is 3.12. The molecule has 2 aromatic carbocycles. The number of aliphatic carboxylic acids is 1. The number of rotatable bonds is 3. The summed E-state index contributed by atoms with van der Waals surface area (Å²) < 4.78 is 0. The van der Waals surface area contributed by atoms with Crippen molar-refractivity contribution in [2.24, 2.45) is 0 Å². The largest absolute Gasteiger partial charge is 0.481 e. The lowest BCUT2D eigenvalue weighted by Crippen LogP contribution is -2.13. The number of benzene rings is 2. The summed E-state index contributed by atoms with van der Waals surface area (Å²) in [4.78, 5) is 11.7. The molecule has 3 nitrogen and oxygen atoms in total. The summed E-state index contributed by atoms with van der Waals surface area (Å²) in [7, 11) is 0. The average molecular weight is 266 g/mol. The SMILES string of the molecule is O=C(O)C(C1=CC(O)c2ccccc21)c1ccccc1. The van der Waals surface area contributed by atoms with Crippen molar-refractivity contribution in [1.82, 2.24) is 0 Å². The second-order valence-corrected chi connectivity index (χ2v) is 4.84. The van der Waals surface area contributed by atoms with Crippen LogP contribution in [0.3, 0.4) is 0 Å². The third-order valence-electron chi connectivity index (χ3n) is 3.62. The van der Waals surface area contributed by atoms with Gasteiger partial charge in [0.25, 0.3) is 0 Å². The van der Waals surface area contributed by atoms with Crippen LogP contribution in [0.4, 0.5) is 0 Å². The third-order valence-corrected chi connectivity index (χ3v) is 3.62. The van der Waals surface area contributed by atoms with Gasteiger partial charge < -0.3 is 10.2 Å². The van der Waals surface area contributed by atoms with Gasteiger partial charge in [-0.3, -0.25) is 4.79 Å². The Balaban J connectivity index is 2.11. The summed E-state index contributed by atoms with van der Waals surface area (Å²) in [6, 6.07) is 16.5. The molecule has 3 rings (SSSR count). The van der Waals surface area contributed by atoms with Crippen molar-refractivity contribution in [3.63, 3.8) is 0 Å². The molecular formula is C17H14O3. The topological polar surface area (TPSA) is 57.5 Å². The van der Waals surface area contributed by atoms with Gasteiger partial charge in [-0.1, -0.05) is 54.6 Å². The maximum atomic E-state index is 11.7. The van der Waals surface area contributed by atoms with Gasteiger partial charge in [-0.2, -0.15) is 0 Å². The minimum absolute atomic E-state index is 0.659. The van der Waals surface area contributed by atoms with Gasteiger partial charge >= 0.3 is 5.97 Å². The van der Waals surface area contributed by atoms with Crippen LogP contribution in [0.15, 0.2) is 60.7 Å². The number of aliphatic hydroxyl groups excluding tert-OH is 1. The zero-order valence-electron chi connectivity index (χ0n) is 10.7. The predicted molar refractivity (Wildman–Crippen MR) is 76.2 cm³/mol. The molecule has 2 unspecified atom stereocenters. The Morgan fingerprint density at radius 1 is 1.00 bits per heavy atom. The lowest BCUT2D eigenvalue weighted by atomic mass is 9.88. The molecule has 0 bridgehead atoms. The Bertz CT molecular complexity index is 674. The number of fused-ring (bicyclic) bond motifs is 1. The van der Waals surface area contributed by atoms with Crippen molar-refractivity contribution < 1.29 is 15.0 Å². The minimum Gasteiger partial charge on any atom is -0.481 e. The van der Waals surface area contributed by atoms with E-state index in [4.69, 9.17) is 0 Å². The number of carboxylic acid groups (broad SMARTS) is 1. The van der Waals surface area contributed by atoms with Gasteiger partial charge in [-0.25, -0.2) is 0 Å². The number of hydrogen-bond acceptors (Lipinski definition) is 2. The molecular weight excluding hydrogens is 252 g/mol. The first kappa shape index (κ1) is 12.6. The summed E-state index contributed by atoms with van der Waals surface area (Å²) in [6.07, 6.45) is 0.906. The molecule has 0 aromatic heterocycles. The fourth-order valence-corrected chi connectivity index (χ4v) is 2.72. The van der Waals surface area contributed by atoms with Crippen LogP contribution < -0.4 is 0 Å². The maximum absolute atomic E-state index is 11.7. The first-order chi connectivity index (χ1) is 9.68. The molecule has 2 atom stereocenters. The van der Waals surface area contributed by atoms with Gasteiger partial charge in [0.1, 0.15) is 5.92 Å². The van der Waals surface area contributed by atoms with Gasteiger partial charge in [0.15, 0.2) is 0 Å². The van der Waals surface area contributed by atoms with Gasteiger partial charge in [0, 0.05) is 0 Å². The Morgan fingerprint density at radius 2 is 1.65 bits per heavy atom. The summed E-state index contributed by atoms with van der Waals surface area (Å²) in [5.41, 5.74) is 2.96. The summed E-state index contributed by atoms with van der Waals surface area (Å²) in [6.45, 7) is 0. The third kappa shape index (κ3) is 2.02. The van der Waals surface area contributed by atoms with Crippen molar-refractivity contribution >= 4 is 11.5 Å². The fraction of sp³-hybridized carbons (Fsp3) is 0.118. The molecule has 1 aliphatic carbocycles. The molecule has 100 valence electrons. The Hall–Kier alpha value is -2.39. The highest BCUT2D eigenvalue weighted by molar-refractivity contribution is 5.95. The minimum atomic E-state index is -0.911. The molecule has 0 radical (unpaired) electrons. The standard InChI is InChI=1S/C17H14O3/c18-15-10-14(12-8-4-5-9-13(12)15)16(17(19)20)11-6-2-1-3-7-11/h1-10,15-16,18H,(H,19,20). The first-order valence-electron chi connectivity index (χ1n) is 6.45. The van der Waals surface area contributed by atoms with E-state index < -0.39 is 18.0 Å². The maximum Gasteiger partial charge on any atom is 0.315 e. The van der Waals surface area contributed by atoms with E-state index in [2.05, 4.69) is 0 Å². The van der Waals surface area contributed by atoms with E-state index in [1.54, 1.807) is 18.2 Å². The lowest BCUT2D eigenvalue weighted by molar-refractivity contribution is -0.137. The molecule has 0 heterocycles. The quantitative estimate of drug-likeness (QED) is 0.898. The predicted octanol–water partition coefficient (Wildman–Crippen LogP) is 2.99. The fourth-order valence-electron chi connectivity index (χ4n) is 2.72. The Morgan fingerprint density at radius 3 is 2.35 bits per heavy atom. The summed E-state index contributed by atoms with van der Waals surface area (Å²) >= 11 is 0. The average Bonchev–Trinajstić information content (AvgIpc) is 2.78. The molecule has 0 fully saturated rings. The second-order valence-electron chi connectivity index (χ2n) is 4.84. The first-order valence-corrected chi connectivity index (χ1v) is 6.45. The van der Waals surface area contributed by atoms with Gasteiger partial charge in [0.05, 0.1) is 6.10 Å². The summed E-state index contributed by atoms with van der Waals surface area (Å²) in [5.74, 6) is -1.67. The lowest BCUT2D eigenvalue weighted by Gasteiger charge is -2.15. The van der Waals surface area contributed by atoms with E-state index in [1.165, 1.54) is 0 Å². The number of hydrogen-bond donors (Lipinski definition) is 2. The molecule has 0 saturated carbocycles. The van der Waals surface area contributed by atoms with E-state index in [-0.39, 0.29) is 0 Å². The van der Waals surface area contributed by atoms with E-state index in [0.717, 1.165) is 16.7 Å². The van der Waals surface area contributed by atoms with Crippen molar-refractivity contribution in [1.29, 1.82) is 0 Å². The van der Waals surface area contributed by atoms with E-state index in [9.17, 15) is 15.0 Å². The van der Waals surface area contributed by atoms with Crippen LogP contribution in [0.2, 0.25) is 0 Å². The zero-order valence-corrected chi connectivity index (χ0v) is 10.7. The van der Waals surface area contributed by atoms with Crippen LogP contribution in [0.25, 0.3) is 5.57 Å². The summed E-state index contributed by atoms with van der Waals surface area (Å²) in [5, 5.41) is 19.6. The monoisotopic (exact) mass is 266 g/mol. The van der Waals surface area contributed by atoms with Crippen LogP contribution in [0.5, 0.6) is 0 Å². The highest BCUT2D eigenvalue weighted by Crippen LogP contribution is 2.42. The molecule has 0 spiro atoms. The number of aliphatic hydroxyl groups is 1. The van der Waals surface area contributed by atoms with Crippen LogP contribution >= 0.6 is 0 Å². The Labute approximate surface area is 116 Å². The van der Waals surface area contributed by atoms with E-state index in [1.807, 2.05) is 42.5 Å². The van der Waals surface area contributed by atoms with Gasteiger partial charge in [-0.15, -0.1) is 0 Å². The normalized spacial score (nSPS) is 18.2. The molecule has 20 heavy (non-hydrogen) atoms. The van der Waals surface area contributed by atoms with Crippen molar-refractivity contribution in [3.05, 3.63) is 77.4 Å². The zero-order chi connectivity index (χ0) is 14.1. The molecule has 0 saturated heterocycles. The van der Waals surface area contributed by atoms with Crippen molar-refractivity contribution in [3.8, 4) is 0 Å². The van der Waals surface area contributed by atoms with Crippen molar-refractivity contribution in [2.75, 3.05) is 0 Å². The van der Waals surface area contributed by atoms with E-state index >= 15 is 0 Å². The van der Waals surface area contributed by atoms with Gasteiger partial charge in [0.2, 0.25) is 0 Å². The molecule has 3 heteroatoms. The van der Waals surface area contributed by atoms with Crippen molar-refractivity contribution in [2.45, 2.75) is 12.0 Å². The second kappa shape index (κ2) is 4.94. The van der Waals surface area contributed by atoms with Crippen LogP contribution in [0.1, 0.15) is 28.7 Å². The number of carboxylic acids is 1. The molecule has 2 aromatic rings. The van der Waals surface area contributed by atoms with Gasteiger partial charge in [-0.05, 0) is 28.3 Å². The molecule has 1 aliphatic rings. The highest BCUT2D eigenvalue weighted by Gasteiger charge is 2.31. The molecule has 0 amide bonds. The van der Waals surface area contributed by atoms with Crippen LogP contribution in [0, 0.1) is 0 Å².